The van der Waals surface area contributed by atoms with E-state index in [-0.39, 0.29) is 0 Å². The number of likely N-dealkylation sites (N-methyl/N-ethyl adjacent to an activating group) is 2. The van der Waals surface area contributed by atoms with Gasteiger partial charge in [-0.05, 0) is 20.8 Å². The van der Waals surface area contributed by atoms with Gasteiger partial charge in [-0.1, -0.05) is 0 Å². The van der Waals surface area contributed by atoms with Crippen LogP contribution in [-0.2, 0) is 0 Å². The molecule has 0 N–H and O–H groups in total. The molecular formula is C16H40N3+3. The third-order valence-electron chi connectivity index (χ3n) is 5.18. The minimum absolute atomic E-state index is 1.14. The fraction of sp³-hybridized carbons (Fsp3) is 1.00. The van der Waals surface area contributed by atoms with Crippen molar-refractivity contribution in [3.05, 3.63) is 0 Å². The summed E-state index contributed by atoms with van der Waals surface area (Å²) < 4.78 is 3.52. The molecule has 0 saturated heterocycles. The van der Waals surface area contributed by atoms with Gasteiger partial charge >= 0.3 is 0 Å². The molecule has 1 atom stereocenters. The molecule has 0 bridgehead atoms. The van der Waals surface area contributed by atoms with E-state index in [0.717, 1.165) is 8.97 Å². The topological polar surface area (TPSA) is 0 Å². The lowest BCUT2D eigenvalue weighted by Gasteiger charge is -2.38. The van der Waals surface area contributed by atoms with Gasteiger partial charge in [0, 0.05) is 6.42 Å². The Bertz CT molecular complexity index is 248. The van der Waals surface area contributed by atoms with Crippen molar-refractivity contribution in [3.8, 4) is 0 Å². The predicted octanol–water partition coefficient (Wildman–Crippen LogP) is 2.04. The molecule has 0 radical (unpaired) electrons. The Morgan fingerprint density at radius 3 is 1.42 bits per heavy atom. The second kappa shape index (κ2) is 7.61. The summed E-state index contributed by atoms with van der Waals surface area (Å²) in [7, 11) is 11.8. The van der Waals surface area contributed by atoms with Crippen LogP contribution in [-0.4, -0.2) is 94.5 Å². The van der Waals surface area contributed by atoms with Crippen LogP contribution in [0.25, 0.3) is 0 Å². The summed E-state index contributed by atoms with van der Waals surface area (Å²) in [6.07, 6.45) is 1.34. The third kappa shape index (κ3) is 7.91. The van der Waals surface area contributed by atoms with Crippen molar-refractivity contribution >= 4 is 0 Å². The maximum absolute atomic E-state index is 2.43. The van der Waals surface area contributed by atoms with E-state index in [0.29, 0.717) is 0 Å². The first-order valence-electron chi connectivity index (χ1n) is 8.07. The van der Waals surface area contributed by atoms with Crippen molar-refractivity contribution in [1.29, 1.82) is 0 Å². The van der Waals surface area contributed by atoms with Crippen LogP contribution in [0.1, 0.15) is 27.2 Å². The van der Waals surface area contributed by atoms with Crippen LogP contribution >= 0.6 is 0 Å². The molecular weight excluding hydrogens is 234 g/mol. The molecule has 0 saturated carbocycles. The van der Waals surface area contributed by atoms with Gasteiger partial charge in [0.05, 0.1) is 68.0 Å². The first kappa shape index (κ1) is 18.9. The normalized spacial score (nSPS) is 16.4. The quantitative estimate of drug-likeness (QED) is 0.535. The van der Waals surface area contributed by atoms with Gasteiger partial charge in [-0.15, -0.1) is 0 Å². The third-order valence-corrected chi connectivity index (χ3v) is 5.18. The Hall–Kier alpha value is -0.120. The Kier molecular flexibility index (Phi) is 7.56. The van der Waals surface area contributed by atoms with E-state index in [1.54, 1.807) is 0 Å². The monoisotopic (exact) mass is 274 g/mol. The number of hydrogen-bond donors (Lipinski definition) is 0. The van der Waals surface area contributed by atoms with Gasteiger partial charge in [-0.25, -0.2) is 0 Å². The van der Waals surface area contributed by atoms with E-state index < -0.39 is 0 Å². The first-order chi connectivity index (χ1) is 8.60. The Morgan fingerprint density at radius 1 is 0.526 bits per heavy atom. The Morgan fingerprint density at radius 2 is 1.00 bits per heavy atom. The highest BCUT2D eigenvalue weighted by atomic mass is 15.4. The van der Waals surface area contributed by atoms with Gasteiger partial charge in [0.1, 0.15) is 13.1 Å². The van der Waals surface area contributed by atoms with Crippen LogP contribution in [0.15, 0.2) is 0 Å². The zero-order valence-electron chi connectivity index (χ0n) is 15.0. The zero-order valence-corrected chi connectivity index (χ0v) is 15.0. The van der Waals surface area contributed by atoms with E-state index in [1.165, 1.54) is 56.7 Å². The highest BCUT2D eigenvalue weighted by Crippen LogP contribution is 2.08. The van der Waals surface area contributed by atoms with E-state index in [9.17, 15) is 0 Å². The lowest BCUT2D eigenvalue weighted by atomic mass is 10.2. The summed E-state index contributed by atoms with van der Waals surface area (Å²) in [5.41, 5.74) is 0. The fourth-order valence-corrected chi connectivity index (χ4v) is 2.14. The van der Waals surface area contributed by atoms with Crippen molar-refractivity contribution in [2.75, 3.05) is 81.1 Å². The van der Waals surface area contributed by atoms with E-state index in [4.69, 9.17) is 0 Å². The molecule has 0 aromatic carbocycles. The minimum Gasteiger partial charge on any atom is -0.329 e. The SMILES string of the molecule is CC[N+](C)(C)CCC[N+](C)(CC)CC[N+](C)(C)CC. The first-order valence-corrected chi connectivity index (χ1v) is 8.07. The van der Waals surface area contributed by atoms with Crippen LogP contribution in [0.5, 0.6) is 0 Å². The van der Waals surface area contributed by atoms with Crippen molar-refractivity contribution in [2.24, 2.45) is 0 Å². The van der Waals surface area contributed by atoms with Gasteiger partial charge in [-0.2, -0.15) is 0 Å². The molecule has 116 valence electrons. The molecule has 3 heteroatoms. The van der Waals surface area contributed by atoms with Crippen LogP contribution < -0.4 is 0 Å². The molecule has 0 heterocycles. The molecule has 0 aromatic rings. The van der Waals surface area contributed by atoms with E-state index in [1.807, 2.05) is 0 Å². The number of quaternary nitrogens is 3. The van der Waals surface area contributed by atoms with Gasteiger partial charge in [0.15, 0.2) is 0 Å². The van der Waals surface area contributed by atoms with Gasteiger partial charge in [-0.3, -0.25) is 0 Å². The maximum atomic E-state index is 2.43. The second-order valence-corrected chi connectivity index (χ2v) is 7.69. The smallest absolute Gasteiger partial charge is 0.128 e. The van der Waals surface area contributed by atoms with Crippen LogP contribution in [0, 0.1) is 0 Å². The molecule has 0 fully saturated rings. The van der Waals surface area contributed by atoms with Gasteiger partial charge in [0.2, 0.25) is 0 Å². The molecule has 0 aliphatic rings. The van der Waals surface area contributed by atoms with Gasteiger partial charge in [0.25, 0.3) is 0 Å². The highest BCUT2D eigenvalue weighted by Gasteiger charge is 2.25. The van der Waals surface area contributed by atoms with E-state index >= 15 is 0 Å². The molecule has 0 aromatic heterocycles. The molecule has 0 aliphatic heterocycles. The largest absolute Gasteiger partial charge is 0.329 e. The lowest BCUT2D eigenvalue weighted by Crippen LogP contribution is -2.53. The van der Waals surface area contributed by atoms with Crippen LogP contribution in [0.3, 0.4) is 0 Å². The molecule has 0 rings (SSSR count). The molecule has 19 heavy (non-hydrogen) atoms. The van der Waals surface area contributed by atoms with Crippen molar-refractivity contribution in [2.45, 2.75) is 27.2 Å². The summed E-state index contributed by atoms with van der Waals surface area (Å²) in [5, 5.41) is 0. The second-order valence-electron chi connectivity index (χ2n) is 7.69. The van der Waals surface area contributed by atoms with Crippen LogP contribution in [0.4, 0.5) is 0 Å². The molecule has 0 spiro atoms. The lowest BCUT2D eigenvalue weighted by molar-refractivity contribution is -0.956. The maximum Gasteiger partial charge on any atom is 0.128 e. The molecule has 3 nitrogen and oxygen atoms in total. The van der Waals surface area contributed by atoms with Gasteiger partial charge < -0.3 is 13.4 Å². The molecule has 0 amide bonds. The Balaban J connectivity index is 4.23. The predicted molar refractivity (Wildman–Crippen MR) is 86.1 cm³/mol. The number of nitrogens with zero attached hydrogens (tertiary/aromatic N) is 3. The summed E-state index contributed by atoms with van der Waals surface area (Å²) in [6, 6.07) is 0. The highest BCUT2D eigenvalue weighted by molar-refractivity contribution is 4.42. The van der Waals surface area contributed by atoms with Crippen LogP contribution in [0.2, 0.25) is 0 Å². The van der Waals surface area contributed by atoms with Crippen molar-refractivity contribution in [1.82, 2.24) is 0 Å². The molecule has 0 aliphatic carbocycles. The summed E-state index contributed by atoms with van der Waals surface area (Å²) >= 11 is 0. The standard InChI is InChI=1S/C16H40N3/c1-9-17(4,5)13-12-14-19(8,11-3)16-15-18(6,7)10-2/h9-16H2,1-8H3/q+3. The average Bonchev–Trinajstić information content (AvgIpc) is 2.36. The van der Waals surface area contributed by atoms with Crippen molar-refractivity contribution in [3.63, 3.8) is 0 Å². The van der Waals surface area contributed by atoms with Crippen molar-refractivity contribution < 1.29 is 13.4 Å². The summed E-state index contributed by atoms with van der Waals surface area (Å²) in [6.45, 7) is 15.8. The fourth-order valence-electron chi connectivity index (χ4n) is 2.14. The zero-order chi connectivity index (χ0) is 15.2. The minimum atomic E-state index is 1.14. The molecule has 1 unspecified atom stereocenters. The summed E-state index contributed by atoms with van der Waals surface area (Å²) in [5.74, 6) is 0. The number of hydrogen-bond acceptors (Lipinski definition) is 0. The van der Waals surface area contributed by atoms with E-state index in [2.05, 4.69) is 56.0 Å². The average molecular weight is 275 g/mol. The number of rotatable bonds is 10. The summed E-state index contributed by atoms with van der Waals surface area (Å²) in [4.78, 5) is 0. The Labute approximate surface area is 122 Å².